The second-order valence-electron chi connectivity index (χ2n) is 5.40. The van der Waals surface area contributed by atoms with Crippen molar-refractivity contribution < 1.29 is 19.1 Å². The largest absolute Gasteiger partial charge is 0.445 e. The van der Waals surface area contributed by atoms with Gasteiger partial charge in [0.15, 0.2) is 0 Å². The third-order valence-electron chi connectivity index (χ3n) is 3.54. The molecule has 5 heteroatoms. The molecule has 0 spiro atoms. The van der Waals surface area contributed by atoms with Crippen LogP contribution in [0, 0.1) is 0 Å². The number of fused-ring (bicyclic) bond motifs is 1. The van der Waals surface area contributed by atoms with E-state index in [9.17, 15) is 9.59 Å². The number of hydrogen-bond donors (Lipinski definition) is 1. The molecule has 0 aromatic heterocycles. The lowest BCUT2D eigenvalue weighted by molar-refractivity contribution is -0.133. The summed E-state index contributed by atoms with van der Waals surface area (Å²) in [5.74, 6) is -0.130. The molecule has 0 heterocycles. The van der Waals surface area contributed by atoms with E-state index in [1.54, 1.807) is 12.1 Å². The molecule has 0 aliphatic heterocycles. The van der Waals surface area contributed by atoms with Crippen molar-refractivity contribution in [1.82, 2.24) is 5.32 Å². The zero-order valence-corrected chi connectivity index (χ0v) is 13.5. The zero-order chi connectivity index (χ0) is 17.5. The van der Waals surface area contributed by atoms with Crippen molar-refractivity contribution in [3.63, 3.8) is 0 Å². The van der Waals surface area contributed by atoms with Gasteiger partial charge < -0.3 is 14.8 Å². The Morgan fingerprint density at radius 1 is 0.840 bits per heavy atom. The van der Waals surface area contributed by atoms with Gasteiger partial charge >= 0.3 is 12.1 Å². The Bertz CT molecular complexity index is 877. The van der Waals surface area contributed by atoms with Crippen LogP contribution in [0.4, 0.5) is 4.79 Å². The van der Waals surface area contributed by atoms with Crippen LogP contribution < -0.4 is 10.1 Å². The average Bonchev–Trinajstić information content (AvgIpc) is 2.65. The van der Waals surface area contributed by atoms with E-state index in [0.717, 1.165) is 16.3 Å². The molecule has 0 saturated carbocycles. The molecule has 1 amide bonds. The Labute approximate surface area is 145 Å². The van der Waals surface area contributed by atoms with E-state index in [2.05, 4.69) is 5.32 Å². The van der Waals surface area contributed by atoms with E-state index >= 15 is 0 Å². The van der Waals surface area contributed by atoms with Crippen LogP contribution in [-0.4, -0.2) is 18.6 Å². The average molecular weight is 335 g/mol. The first-order valence-corrected chi connectivity index (χ1v) is 7.85. The molecule has 0 fully saturated rings. The van der Waals surface area contributed by atoms with E-state index in [-0.39, 0.29) is 13.2 Å². The molecule has 0 bridgehead atoms. The number of benzene rings is 3. The van der Waals surface area contributed by atoms with Crippen LogP contribution in [0.3, 0.4) is 0 Å². The molecule has 0 unspecified atom stereocenters. The first-order valence-electron chi connectivity index (χ1n) is 7.85. The van der Waals surface area contributed by atoms with E-state index < -0.39 is 12.1 Å². The molecule has 0 saturated heterocycles. The summed E-state index contributed by atoms with van der Waals surface area (Å²) in [6.45, 7) is -0.118. The van der Waals surface area contributed by atoms with E-state index in [1.807, 2.05) is 60.7 Å². The maximum Gasteiger partial charge on any atom is 0.407 e. The predicted molar refractivity (Wildman–Crippen MR) is 94.2 cm³/mol. The van der Waals surface area contributed by atoms with E-state index in [1.165, 1.54) is 0 Å². The Kier molecular flexibility index (Phi) is 5.26. The highest BCUT2D eigenvalue weighted by atomic mass is 16.6. The highest BCUT2D eigenvalue weighted by molar-refractivity contribution is 5.85. The minimum Gasteiger partial charge on any atom is -0.445 e. The standard InChI is InChI=1S/C20H17NO4/c22-19(13-21-20(23)24-14-15-6-2-1-3-7-15)25-18-11-10-16-8-4-5-9-17(16)12-18/h1-12H,13-14H2,(H,21,23). The lowest BCUT2D eigenvalue weighted by atomic mass is 10.1. The molecule has 3 aromatic carbocycles. The summed E-state index contributed by atoms with van der Waals surface area (Å²) < 4.78 is 10.3. The molecular formula is C20H17NO4. The predicted octanol–water partition coefficient (Wildman–Crippen LogP) is 3.67. The van der Waals surface area contributed by atoms with Crippen molar-refractivity contribution in [1.29, 1.82) is 0 Å². The first kappa shape index (κ1) is 16.5. The fourth-order valence-corrected chi connectivity index (χ4v) is 2.32. The van der Waals surface area contributed by atoms with Crippen LogP contribution in [0.1, 0.15) is 5.56 Å². The van der Waals surface area contributed by atoms with Gasteiger partial charge in [0.1, 0.15) is 18.9 Å². The Hall–Kier alpha value is -3.34. The van der Waals surface area contributed by atoms with Gasteiger partial charge in [0, 0.05) is 0 Å². The van der Waals surface area contributed by atoms with Gasteiger partial charge in [-0.2, -0.15) is 0 Å². The van der Waals surface area contributed by atoms with Crippen LogP contribution in [0.15, 0.2) is 72.8 Å². The van der Waals surface area contributed by atoms with Gasteiger partial charge in [-0.3, -0.25) is 0 Å². The molecule has 0 radical (unpaired) electrons. The van der Waals surface area contributed by atoms with Crippen LogP contribution in [0.2, 0.25) is 0 Å². The summed E-state index contributed by atoms with van der Waals surface area (Å²) in [6, 6.07) is 22.4. The molecular weight excluding hydrogens is 318 g/mol. The second-order valence-corrected chi connectivity index (χ2v) is 5.40. The summed E-state index contributed by atoms with van der Waals surface area (Å²) in [4.78, 5) is 23.4. The lowest BCUT2D eigenvalue weighted by Crippen LogP contribution is -2.32. The number of ether oxygens (including phenoxy) is 2. The summed E-state index contributed by atoms with van der Waals surface area (Å²) in [5.41, 5.74) is 0.872. The number of carbonyl (C=O) groups is 2. The maximum absolute atomic E-state index is 11.8. The third kappa shape index (κ3) is 4.81. The number of hydrogen-bond acceptors (Lipinski definition) is 4. The molecule has 1 N–H and O–H groups in total. The molecule has 3 aromatic rings. The van der Waals surface area contributed by atoms with Gasteiger partial charge in [-0.25, -0.2) is 9.59 Å². The molecule has 126 valence electrons. The van der Waals surface area contributed by atoms with Crippen molar-refractivity contribution in [2.24, 2.45) is 0 Å². The molecule has 25 heavy (non-hydrogen) atoms. The summed E-state index contributed by atoms with van der Waals surface area (Å²) in [7, 11) is 0. The summed E-state index contributed by atoms with van der Waals surface area (Å²) >= 11 is 0. The van der Waals surface area contributed by atoms with Crippen molar-refractivity contribution in [3.8, 4) is 5.75 Å². The fourth-order valence-electron chi connectivity index (χ4n) is 2.32. The molecule has 0 aliphatic carbocycles. The maximum atomic E-state index is 11.8. The summed E-state index contributed by atoms with van der Waals surface area (Å²) in [5, 5.41) is 4.41. The second kappa shape index (κ2) is 7.97. The van der Waals surface area contributed by atoms with Crippen LogP contribution in [-0.2, 0) is 16.1 Å². The highest BCUT2D eigenvalue weighted by Gasteiger charge is 2.09. The lowest BCUT2D eigenvalue weighted by Gasteiger charge is -2.08. The normalized spacial score (nSPS) is 10.2. The van der Waals surface area contributed by atoms with E-state index in [4.69, 9.17) is 9.47 Å². The van der Waals surface area contributed by atoms with Gasteiger partial charge in [0.2, 0.25) is 0 Å². The molecule has 5 nitrogen and oxygen atoms in total. The minimum atomic E-state index is -0.667. The Balaban J connectivity index is 1.46. The topological polar surface area (TPSA) is 64.6 Å². The molecule has 0 aliphatic rings. The van der Waals surface area contributed by atoms with Gasteiger partial charge in [0.25, 0.3) is 0 Å². The fraction of sp³-hybridized carbons (Fsp3) is 0.100. The van der Waals surface area contributed by atoms with Gasteiger partial charge in [0.05, 0.1) is 0 Å². The van der Waals surface area contributed by atoms with Crippen molar-refractivity contribution in [2.75, 3.05) is 6.54 Å². The minimum absolute atomic E-state index is 0.145. The number of amides is 1. The highest BCUT2D eigenvalue weighted by Crippen LogP contribution is 2.20. The monoisotopic (exact) mass is 335 g/mol. The Morgan fingerprint density at radius 3 is 2.36 bits per heavy atom. The quantitative estimate of drug-likeness (QED) is 0.571. The zero-order valence-electron chi connectivity index (χ0n) is 13.5. The summed E-state index contributed by atoms with van der Waals surface area (Å²) in [6.07, 6.45) is -0.667. The van der Waals surface area contributed by atoms with Crippen molar-refractivity contribution in [3.05, 3.63) is 78.4 Å². The number of carbonyl (C=O) groups excluding carboxylic acids is 2. The Morgan fingerprint density at radius 2 is 1.56 bits per heavy atom. The number of nitrogens with one attached hydrogen (secondary N) is 1. The first-order chi connectivity index (χ1) is 12.2. The molecule has 0 atom stereocenters. The van der Waals surface area contributed by atoms with Crippen LogP contribution >= 0.6 is 0 Å². The van der Waals surface area contributed by atoms with Gasteiger partial charge in [-0.15, -0.1) is 0 Å². The third-order valence-corrected chi connectivity index (χ3v) is 3.54. The van der Waals surface area contributed by atoms with E-state index in [0.29, 0.717) is 5.75 Å². The smallest absolute Gasteiger partial charge is 0.407 e. The number of rotatable bonds is 5. The van der Waals surface area contributed by atoms with Crippen molar-refractivity contribution >= 4 is 22.8 Å². The van der Waals surface area contributed by atoms with Gasteiger partial charge in [-0.1, -0.05) is 60.7 Å². The van der Waals surface area contributed by atoms with Crippen LogP contribution in [0.5, 0.6) is 5.75 Å². The SMILES string of the molecule is O=C(CNC(=O)OCc1ccccc1)Oc1ccc2ccccc2c1. The van der Waals surface area contributed by atoms with Gasteiger partial charge in [-0.05, 0) is 28.5 Å². The van der Waals surface area contributed by atoms with Crippen LogP contribution in [0.25, 0.3) is 10.8 Å². The van der Waals surface area contributed by atoms with Crippen molar-refractivity contribution in [2.45, 2.75) is 6.61 Å². The molecule has 3 rings (SSSR count). The number of esters is 1. The number of alkyl carbamates (subject to hydrolysis) is 1.